The minimum absolute atomic E-state index is 0.00551. The summed E-state index contributed by atoms with van der Waals surface area (Å²) in [6.07, 6.45) is 0.566. The van der Waals surface area contributed by atoms with E-state index in [0.29, 0.717) is 19.5 Å². The number of hydrogen-bond acceptors (Lipinski definition) is 3. The van der Waals surface area contributed by atoms with Crippen LogP contribution in [-0.4, -0.2) is 19.0 Å². The fraction of sp³-hybridized carbons (Fsp3) is 0.545. The predicted molar refractivity (Wildman–Crippen MR) is 58.4 cm³/mol. The van der Waals surface area contributed by atoms with Gasteiger partial charge in [0.2, 0.25) is 5.91 Å². The minimum Gasteiger partial charge on any atom is -0.466 e. The van der Waals surface area contributed by atoms with Crippen molar-refractivity contribution in [2.75, 3.05) is 13.1 Å². The summed E-state index contributed by atoms with van der Waals surface area (Å²) in [4.78, 5) is 11.6. The number of carbonyl (C=O) groups excluding carboxylic acids is 1. The van der Waals surface area contributed by atoms with Gasteiger partial charge < -0.3 is 15.5 Å². The van der Waals surface area contributed by atoms with Crippen molar-refractivity contribution in [1.29, 1.82) is 0 Å². The highest BCUT2D eigenvalue weighted by Gasteiger charge is 2.17. The van der Waals surface area contributed by atoms with Gasteiger partial charge in [0.25, 0.3) is 0 Å². The maximum atomic E-state index is 11.6. The van der Waals surface area contributed by atoms with Crippen LogP contribution >= 0.6 is 0 Å². The van der Waals surface area contributed by atoms with E-state index in [4.69, 9.17) is 10.2 Å². The van der Waals surface area contributed by atoms with Crippen molar-refractivity contribution in [3.63, 3.8) is 0 Å². The number of amides is 1. The SMILES string of the molecule is CCNC(=O)C(CN)Cc1ccc(C)o1. The van der Waals surface area contributed by atoms with Crippen LogP contribution in [0.1, 0.15) is 18.4 Å². The molecule has 0 radical (unpaired) electrons. The van der Waals surface area contributed by atoms with Crippen LogP contribution in [-0.2, 0) is 11.2 Å². The standard InChI is InChI=1S/C11H18N2O2/c1-3-13-11(14)9(7-12)6-10-5-4-8(2)15-10/h4-5,9H,3,6-7,12H2,1-2H3,(H,13,14). The van der Waals surface area contributed by atoms with Crippen LogP contribution in [0.4, 0.5) is 0 Å². The molecule has 4 heteroatoms. The maximum Gasteiger partial charge on any atom is 0.224 e. The Hall–Kier alpha value is -1.29. The minimum atomic E-state index is -0.199. The molecule has 1 amide bonds. The highest BCUT2D eigenvalue weighted by atomic mass is 16.3. The number of nitrogens with one attached hydrogen (secondary N) is 1. The van der Waals surface area contributed by atoms with E-state index in [1.165, 1.54) is 0 Å². The van der Waals surface area contributed by atoms with Crippen molar-refractivity contribution in [2.45, 2.75) is 20.3 Å². The Morgan fingerprint density at radius 3 is 2.80 bits per heavy atom. The maximum absolute atomic E-state index is 11.6. The Bertz CT molecular complexity index is 320. The molecule has 0 aliphatic rings. The summed E-state index contributed by atoms with van der Waals surface area (Å²) in [5.74, 6) is 1.47. The third-order valence-electron chi connectivity index (χ3n) is 2.25. The van der Waals surface area contributed by atoms with Gasteiger partial charge in [0.1, 0.15) is 11.5 Å². The van der Waals surface area contributed by atoms with E-state index in [9.17, 15) is 4.79 Å². The van der Waals surface area contributed by atoms with E-state index in [2.05, 4.69) is 5.32 Å². The summed E-state index contributed by atoms with van der Waals surface area (Å²) in [5.41, 5.74) is 5.56. The number of hydrogen-bond donors (Lipinski definition) is 2. The fourth-order valence-electron chi connectivity index (χ4n) is 1.44. The van der Waals surface area contributed by atoms with E-state index in [1.54, 1.807) is 0 Å². The Morgan fingerprint density at radius 1 is 1.60 bits per heavy atom. The summed E-state index contributed by atoms with van der Waals surface area (Å²) < 4.78 is 5.41. The van der Waals surface area contributed by atoms with E-state index in [-0.39, 0.29) is 11.8 Å². The van der Waals surface area contributed by atoms with E-state index < -0.39 is 0 Å². The van der Waals surface area contributed by atoms with Gasteiger partial charge in [-0.3, -0.25) is 4.79 Å². The first-order chi connectivity index (χ1) is 7.17. The molecule has 0 aliphatic heterocycles. The smallest absolute Gasteiger partial charge is 0.224 e. The Balaban J connectivity index is 2.57. The summed E-state index contributed by atoms with van der Waals surface area (Å²) in [6, 6.07) is 3.78. The molecule has 0 aliphatic carbocycles. The molecule has 1 aromatic heterocycles. The number of aryl methyl sites for hydroxylation is 1. The summed E-state index contributed by atoms with van der Waals surface area (Å²) >= 11 is 0. The zero-order valence-electron chi connectivity index (χ0n) is 9.25. The van der Waals surface area contributed by atoms with Crippen molar-refractivity contribution >= 4 is 5.91 Å². The van der Waals surface area contributed by atoms with Gasteiger partial charge >= 0.3 is 0 Å². The molecule has 1 heterocycles. The molecule has 1 aromatic rings. The van der Waals surface area contributed by atoms with Gasteiger partial charge in [0.15, 0.2) is 0 Å². The van der Waals surface area contributed by atoms with Crippen LogP contribution in [0.2, 0.25) is 0 Å². The normalized spacial score (nSPS) is 12.5. The lowest BCUT2D eigenvalue weighted by molar-refractivity contribution is -0.124. The number of carbonyl (C=O) groups is 1. The Kier molecular flexibility index (Phi) is 4.37. The summed E-state index contributed by atoms with van der Waals surface area (Å²) in [6.45, 7) is 4.74. The van der Waals surface area contributed by atoms with Gasteiger partial charge in [-0.15, -0.1) is 0 Å². The monoisotopic (exact) mass is 210 g/mol. The molecule has 1 rings (SSSR count). The third kappa shape index (κ3) is 3.40. The predicted octanol–water partition coefficient (Wildman–Crippen LogP) is 0.842. The molecule has 0 spiro atoms. The molecule has 3 N–H and O–H groups in total. The topological polar surface area (TPSA) is 68.3 Å². The fourth-order valence-corrected chi connectivity index (χ4v) is 1.44. The first kappa shape index (κ1) is 11.8. The highest BCUT2D eigenvalue weighted by molar-refractivity contribution is 5.79. The first-order valence-electron chi connectivity index (χ1n) is 5.20. The molecule has 1 atom stereocenters. The molecular weight excluding hydrogens is 192 g/mol. The molecule has 0 aromatic carbocycles. The molecule has 84 valence electrons. The second-order valence-corrected chi connectivity index (χ2v) is 3.54. The Morgan fingerprint density at radius 2 is 2.33 bits per heavy atom. The van der Waals surface area contributed by atoms with Gasteiger partial charge in [-0.25, -0.2) is 0 Å². The van der Waals surface area contributed by atoms with Gasteiger partial charge in [-0.05, 0) is 26.0 Å². The van der Waals surface area contributed by atoms with Gasteiger partial charge in [0.05, 0.1) is 5.92 Å². The molecule has 15 heavy (non-hydrogen) atoms. The van der Waals surface area contributed by atoms with E-state index in [1.807, 2.05) is 26.0 Å². The van der Waals surface area contributed by atoms with Crippen molar-refractivity contribution < 1.29 is 9.21 Å². The zero-order chi connectivity index (χ0) is 11.3. The number of nitrogens with two attached hydrogens (primary N) is 1. The average Bonchev–Trinajstić information content (AvgIpc) is 2.61. The van der Waals surface area contributed by atoms with Crippen LogP contribution in [0.5, 0.6) is 0 Å². The largest absolute Gasteiger partial charge is 0.466 e. The van der Waals surface area contributed by atoms with Crippen LogP contribution in [0.15, 0.2) is 16.5 Å². The first-order valence-corrected chi connectivity index (χ1v) is 5.20. The Labute approximate surface area is 89.8 Å². The molecule has 0 saturated heterocycles. The number of furan rings is 1. The second-order valence-electron chi connectivity index (χ2n) is 3.54. The lowest BCUT2D eigenvalue weighted by atomic mass is 10.0. The number of rotatable bonds is 5. The van der Waals surface area contributed by atoms with Gasteiger partial charge in [-0.1, -0.05) is 0 Å². The lowest BCUT2D eigenvalue weighted by Crippen LogP contribution is -2.36. The average molecular weight is 210 g/mol. The quantitative estimate of drug-likeness (QED) is 0.756. The summed E-state index contributed by atoms with van der Waals surface area (Å²) in [5, 5.41) is 2.76. The molecule has 0 bridgehead atoms. The highest BCUT2D eigenvalue weighted by Crippen LogP contribution is 2.11. The van der Waals surface area contributed by atoms with Crippen LogP contribution < -0.4 is 11.1 Å². The molecule has 4 nitrogen and oxygen atoms in total. The second kappa shape index (κ2) is 5.56. The molecular formula is C11H18N2O2. The van der Waals surface area contributed by atoms with Crippen LogP contribution in [0.3, 0.4) is 0 Å². The van der Waals surface area contributed by atoms with Crippen molar-refractivity contribution in [3.8, 4) is 0 Å². The van der Waals surface area contributed by atoms with E-state index in [0.717, 1.165) is 11.5 Å². The van der Waals surface area contributed by atoms with Crippen molar-refractivity contribution in [3.05, 3.63) is 23.7 Å². The van der Waals surface area contributed by atoms with Crippen molar-refractivity contribution in [1.82, 2.24) is 5.32 Å². The zero-order valence-corrected chi connectivity index (χ0v) is 9.25. The van der Waals surface area contributed by atoms with Crippen molar-refractivity contribution in [2.24, 2.45) is 11.7 Å². The molecule has 0 saturated carbocycles. The van der Waals surface area contributed by atoms with Crippen LogP contribution in [0.25, 0.3) is 0 Å². The van der Waals surface area contributed by atoms with Gasteiger partial charge in [0, 0.05) is 19.5 Å². The van der Waals surface area contributed by atoms with Crippen LogP contribution in [0, 0.1) is 12.8 Å². The molecule has 1 unspecified atom stereocenters. The summed E-state index contributed by atoms with van der Waals surface area (Å²) in [7, 11) is 0. The lowest BCUT2D eigenvalue weighted by Gasteiger charge is -2.12. The van der Waals surface area contributed by atoms with E-state index >= 15 is 0 Å². The molecule has 0 fully saturated rings. The third-order valence-corrected chi connectivity index (χ3v) is 2.25. The van der Waals surface area contributed by atoms with Gasteiger partial charge in [-0.2, -0.15) is 0 Å².